The number of allylic oxidation sites excluding steroid dienone is 1. The summed E-state index contributed by atoms with van der Waals surface area (Å²) in [4.78, 5) is 10.8. The molecule has 32 heavy (non-hydrogen) atoms. The molecule has 0 fully saturated rings. The Morgan fingerprint density at radius 1 is 0.844 bits per heavy atom. The Kier molecular flexibility index (Phi) is 6.59. The van der Waals surface area contributed by atoms with Crippen LogP contribution in [0, 0.1) is 0 Å². The summed E-state index contributed by atoms with van der Waals surface area (Å²) < 4.78 is 7.75. The Labute approximate surface area is 211 Å². The summed E-state index contributed by atoms with van der Waals surface area (Å²) in [5.74, 6) is 0.760. The topological polar surface area (TPSA) is 41.3 Å². The van der Waals surface area contributed by atoms with E-state index in [4.69, 9.17) is 9.41 Å². The Hall–Kier alpha value is -2.19. The number of halogens is 2. The highest BCUT2D eigenvalue weighted by atomic mass is 79.9. The lowest BCUT2D eigenvalue weighted by Gasteiger charge is -2.05. The largest absolute Gasteiger partial charge is 0.464 e. The highest BCUT2D eigenvalue weighted by molar-refractivity contribution is 9.12. The van der Waals surface area contributed by atoms with E-state index in [0.717, 1.165) is 51.5 Å². The number of benzene rings is 2. The molecule has 0 radical (unpaired) electrons. The minimum absolute atomic E-state index is 0.760. The third kappa shape index (κ3) is 4.76. The van der Waals surface area contributed by atoms with Crippen LogP contribution in [0.2, 0.25) is 0 Å². The van der Waals surface area contributed by atoms with Crippen molar-refractivity contribution in [3.05, 3.63) is 117 Å². The van der Waals surface area contributed by atoms with E-state index in [-0.39, 0.29) is 0 Å². The van der Waals surface area contributed by atoms with E-state index in [2.05, 4.69) is 67.2 Å². The molecular weight excluding hydrogens is 568 g/mol. The molecule has 1 N–H and O–H groups in total. The maximum Gasteiger partial charge on any atom is 0.138 e. The molecule has 1 aliphatic rings. The van der Waals surface area contributed by atoms with E-state index < -0.39 is 0 Å². The molecule has 0 atom stereocenters. The van der Waals surface area contributed by atoms with Gasteiger partial charge in [-0.3, -0.25) is 0 Å². The normalized spacial score (nSPS) is 14.9. The molecule has 0 bridgehead atoms. The molecule has 3 nitrogen and oxygen atoms in total. The van der Waals surface area contributed by atoms with Gasteiger partial charge in [-0.15, -0.1) is 0 Å². The average molecular weight is 584 g/mol. The molecule has 5 rings (SSSR count). The smallest absolute Gasteiger partial charge is 0.138 e. The molecule has 0 spiro atoms. The molecule has 0 saturated heterocycles. The van der Waals surface area contributed by atoms with E-state index >= 15 is 0 Å². The van der Waals surface area contributed by atoms with Crippen molar-refractivity contribution in [1.29, 1.82) is 0 Å². The van der Waals surface area contributed by atoms with Gasteiger partial charge in [0.2, 0.25) is 0 Å². The summed E-state index contributed by atoms with van der Waals surface area (Å²) in [5, 5.41) is 1.94. The highest BCUT2D eigenvalue weighted by Gasteiger charge is 2.23. The van der Waals surface area contributed by atoms with Gasteiger partial charge < -0.3 is 9.40 Å². The van der Waals surface area contributed by atoms with Gasteiger partial charge in [-0.05, 0) is 80.4 Å². The first-order valence-electron chi connectivity index (χ1n) is 9.76. The van der Waals surface area contributed by atoms with Gasteiger partial charge in [0.15, 0.2) is 0 Å². The first kappa shape index (κ1) is 21.6. The predicted molar refractivity (Wildman–Crippen MR) is 141 cm³/mol. The van der Waals surface area contributed by atoms with E-state index in [9.17, 15) is 0 Å². The Morgan fingerprint density at radius 2 is 1.53 bits per heavy atom. The summed E-state index contributed by atoms with van der Waals surface area (Å²) in [5.41, 5.74) is 2.69. The van der Waals surface area contributed by atoms with Gasteiger partial charge >= 0.3 is 0 Å². The third-order valence-electron chi connectivity index (χ3n) is 4.64. The van der Waals surface area contributed by atoms with Crippen LogP contribution in [-0.4, -0.2) is 10.0 Å². The maximum atomic E-state index is 5.80. The quantitative estimate of drug-likeness (QED) is 0.255. The maximum absolute atomic E-state index is 5.80. The van der Waals surface area contributed by atoms with E-state index in [1.807, 2.05) is 54.6 Å². The van der Waals surface area contributed by atoms with Gasteiger partial charge in [0.05, 0.1) is 37.2 Å². The summed E-state index contributed by atoms with van der Waals surface area (Å²) >= 11 is 10.7. The number of nitrogens with zero attached hydrogens (tertiary/aromatic N) is 1. The van der Waals surface area contributed by atoms with Gasteiger partial charge in [-0.1, -0.05) is 59.9 Å². The molecule has 0 saturated carbocycles. The van der Waals surface area contributed by atoms with E-state index in [1.54, 1.807) is 29.8 Å². The molecular formula is C25H16Br2N2OS2. The van der Waals surface area contributed by atoms with Crippen LogP contribution in [0.1, 0.15) is 11.5 Å². The zero-order valence-corrected chi connectivity index (χ0v) is 21.4. The molecule has 4 aromatic rings. The standard InChI is InChI=1S/C25H16Br2N2OS2/c26-18-14-20(28-24(18)31-16-8-3-1-4-9-16)23(22-12-7-13-30-22)21-15-19(27)25(29-21)32-17-10-5-2-6-11-17/h1-15,28H/b23-21+. The molecule has 0 amide bonds. The van der Waals surface area contributed by atoms with Crippen molar-refractivity contribution in [1.82, 2.24) is 4.98 Å². The minimum Gasteiger partial charge on any atom is -0.464 e. The zero-order chi connectivity index (χ0) is 21.9. The van der Waals surface area contributed by atoms with Crippen LogP contribution in [0.5, 0.6) is 0 Å². The number of rotatable bonds is 5. The van der Waals surface area contributed by atoms with Crippen molar-refractivity contribution < 1.29 is 4.42 Å². The molecule has 1 aliphatic heterocycles. The van der Waals surface area contributed by atoms with Crippen molar-refractivity contribution in [3.63, 3.8) is 0 Å². The second-order valence-corrected chi connectivity index (χ2v) is 10.7. The molecule has 0 aliphatic carbocycles. The second-order valence-electron chi connectivity index (χ2n) is 6.84. The fourth-order valence-electron chi connectivity index (χ4n) is 3.22. The number of thioether (sulfide) groups is 1. The first-order chi connectivity index (χ1) is 15.7. The Bertz CT molecular complexity index is 1330. The van der Waals surface area contributed by atoms with Gasteiger partial charge in [0.25, 0.3) is 0 Å². The molecule has 2 aromatic heterocycles. The van der Waals surface area contributed by atoms with Crippen LogP contribution in [-0.2, 0) is 0 Å². The highest BCUT2D eigenvalue weighted by Crippen LogP contribution is 2.40. The van der Waals surface area contributed by atoms with Crippen molar-refractivity contribution in [3.8, 4) is 0 Å². The Morgan fingerprint density at radius 3 is 2.19 bits per heavy atom. The summed E-state index contributed by atoms with van der Waals surface area (Å²) in [6.07, 6.45) is 3.73. The summed E-state index contributed by atoms with van der Waals surface area (Å²) in [6, 6.07) is 26.5. The molecule has 0 unspecified atom stereocenters. The zero-order valence-electron chi connectivity index (χ0n) is 16.6. The molecule has 2 aromatic carbocycles. The van der Waals surface area contributed by atoms with Crippen LogP contribution in [0.4, 0.5) is 0 Å². The number of hydrogen-bond acceptors (Lipinski definition) is 4. The van der Waals surface area contributed by atoms with Crippen LogP contribution in [0.3, 0.4) is 0 Å². The van der Waals surface area contributed by atoms with Crippen molar-refractivity contribution in [2.45, 2.75) is 14.8 Å². The monoisotopic (exact) mass is 582 g/mol. The van der Waals surface area contributed by atoms with Gasteiger partial charge in [-0.2, -0.15) is 0 Å². The van der Waals surface area contributed by atoms with Crippen LogP contribution >= 0.6 is 55.4 Å². The number of H-pyrrole nitrogens is 1. The number of furan rings is 1. The number of aliphatic imine (C=N–C) groups is 1. The average Bonchev–Trinajstić information content (AvgIpc) is 3.53. The van der Waals surface area contributed by atoms with Gasteiger partial charge in [0, 0.05) is 9.79 Å². The van der Waals surface area contributed by atoms with Crippen molar-refractivity contribution in [2.75, 3.05) is 0 Å². The second kappa shape index (κ2) is 9.75. The SMILES string of the molecule is BrC1=C/C(=C(/c2cc(Br)c(Sc3ccccc3)[nH]2)c2ccco2)N=C1Sc1ccccc1. The fraction of sp³-hybridized carbons (Fsp3) is 0. The number of aromatic amines is 1. The van der Waals surface area contributed by atoms with Crippen LogP contribution in [0.15, 0.2) is 130 Å². The minimum atomic E-state index is 0.760. The summed E-state index contributed by atoms with van der Waals surface area (Å²) in [6.45, 7) is 0. The summed E-state index contributed by atoms with van der Waals surface area (Å²) in [7, 11) is 0. The number of nitrogens with one attached hydrogen (secondary N) is 1. The lowest BCUT2D eigenvalue weighted by Crippen LogP contribution is -1.91. The van der Waals surface area contributed by atoms with E-state index in [0.29, 0.717) is 0 Å². The van der Waals surface area contributed by atoms with Crippen molar-refractivity contribution in [2.24, 2.45) is 4.99 Å². The molecule has 158 valence electrons. The number of hydrogen-bond donors (Lipinski definition) is 1. The fourth-order valence-corrected chi connectivity index (χ4v) is 6.00. The van der Waals surface area contributed by atoms with Crippen molar-refractivity contribution >= 4 is 66.0 Å². The lowest BCUT2D eigenvalue weighted by molar-refractivity contribution is 0.553. The molecule has 7 heteroatoms. The number of aromatic nitrogens is 1. The Balaban J connectivity index is 1.55. The van der Waals surface area contributed by atoms with Gasteiger partial charge in [0.1, 0.15) is 10.8 Å². The first-order valence-corrected chi connectivity index (χ1v) is 13.0. The van der Waals surface area contributed by atoms with Gasteiger partial charge in [-0.25, -0.2) is 4.99 Å². The third-order valence-corrected chi connectivity index (χ3v) is 8.44. The molecule has 3 heterocycles. The van der Waals surface area contributed by atoms with E-state index in [1.165, 1.54) is 0 Å². The van der Waals surface area contributed by atoms with Crippen LogP contribution < -0.4 is 0 Å². The predicted octanol–water partition coefficient (Wildman–Crippen LogP) is 8.76. The van der Waals surface area contributed by atoms with Crippen LogP contribution in [0.25, 0.3) is 5.57 Å². The lowest BCUT2D eigenvalue weighted by atomic mass is 10.1.